The Kier molecular flexibility index (Phi) is 62.8. The number of nitrogens with zero attached hydrogens (tertiary/aromatic N) is 14. The fourth-order valence-electron chi connectivity index (χ4n) is 6.15. The van der Waals surface area contributed by atoms with Gasteiger partial charge in [0.05, 0.1) is 11.2 Å². The first kappa shape index (κ1) is 93.7. The monoisotopic (exact) mass is 1370 g/mol. The number of amides is 4. The number of rotatable bonds is 6. The number of hydrogen-bond donors (Lipinski definition) is 6. The second-order valence-electron chi connectivity index (χ2n) is 21.3. The molecule has 3 aliphatic rings. The summed E-state index contributed by atoms with van der Waals surface area (Å²) >= 11 is 1.67. The van der Waals surface area contributed by atoms with E-state index in [0.717, 1.165) is 62.0 Å². The van der Waals surface area contributed by atoms with Crippen molar-refractivity contribution in [2.24, 2.45) is 0 Å². The predicted octanol–water partition coefficient (Wildman–Crippen LogP) is 9.64. The minimum absolute atomic E-state index is 0.00463. The minimum Gasteiger partial charge on any atom is -0.449 e. The molecule has 6 N–H and O–H groups in total. The molecular formula is C64H114F4N20O6S. The van der Waals surface area contributed by atoms with Crippen LogP contribution in [0.4, 0.5) is 28.0 Å². The van der Waals surface area contributed by atoms with Gasteiger partial charge >= 0.3 is 18.1 Å². The average Bonchev–Trinajstić information content (AvgIpc) is 2.13. The van der Waals surface area contributed by atoms with E-state index in [4.69, 9.17) is 9.21 Å². The molecule has 8 heterocycles. The zero-order chi connectivity index (χ0) is 72.7. The molecule has 3 saturated heterocycles. The molecule has 0 bridgehead atoms. The lowest BCUT2D eigenvalue weighted by Crippen LogP contribution is -2.30. The van der Waals surface area contributed by atoms with Crippen LogP contribution in [-0.4, -0.2) is 237 Å². The topological polar surface area (TPSA) is 299 Å². The van der Waals surface area contributed by atoms with Crippen LogP contribution in [0.1, 0.15) is 105 Å². The van der Waals surface area contributed by atoms with Gasteiger partial charge in [-0.2, -0.15) is 28.4 Å². The summed E-state index contributed by atoms with van der Waals surface area (Å²) in [5.41, 5.74) is 2.20. The van der Waals surface area contributed by atoms with Crippen molar-refractivity contribution in [3.8, 4) is 0 Å². The molecule has 3 aliphatic heterocycles. The third-order valence-electron chi connectivity index (χ3n) is 11.4. The fraction of sp³-hybridized carbons (Fsp3) is 0.594. The van der Waals surface area contributed by atoms with Gasteiger partial charge in [-0.05, 0) is 193 Å². The number of piperidine rings is 2. The van der Waals surface area contributed by atoms with Crippen molar-refractivity contribution in [1.82, 2.24) is 96.6 Å². The summed E-state index contributed by atoms with van der Waals surface area (Å²) in [6.07, 6.45) is 10.2. The molecule has 0 saturated carbocycles. The number of para-hydroxylation sites is 1. The van der Waals surface area contributed by atoms with Gasteiger partial charge in [-0.1, -0.05) is 77.4 Å². The number of nitrogens with one attached hydrogen (secondary N) is 6. The number of halogens is 4. The molecule has 0 aliphatic carbocycles. The van der Waals surface area contributed by atoms with E-state index >= 15 is 0 Å². The van der Waals surface area contributed by atoms with Crippen molar-refractivity contribution in [3.63, 3.8) is 0 Å². The van der Waals surface area contributed by atoms with Crippen molar-refractivity contribution in [2.75, 3.05) is 142 Å². The number of H-pyrrole nitrogens is 1. The first-order valence-corrected chi connectivity index (χ1v) is 31.9. The lowest BCUT2D eigenvalue weighted by atomic mass is 10.1. The van der Waals surface area contributed by atoms with Crippen molar-refractivity contribution in [1.29, 1.82) is 0 Å². The standard InChI is InChI=1S/C9H13N.C8H10N2O.C6H12FN.C6H13N.C5H11N.C4H3F3N2O.C4H6N2O.C4H5NO.C4H5NS.C4H11N.C3H7NO.C3H9N.C2H4N4.C2H5NO/c1-10-8-7-9-5-3-2-4-6-9;1-9-8(11)10-7-5-3-2-4-6-7;1-8-4-2-6(7)3-5-8;1-7-5-3-2-4-6-7;1-6-4-2-3-5-6;1-2-8-3(10-9-2)4(5,6)7;1-3-5-4(2)7-6-3;2*1-4-5-2-3-6-4;1-4-5(2)3;1-3(5)4-2;1-4(2)3;1-2-3-5-6-4-2;1-3-2-4/h2-6,10H,7-8H2,1H3;2-6H,1H3,(H2,9,10,11);6H,2-5H2,1H3;2-6H2,1H3;2-5H2,1H3;1H3;1-2H3;2*2-3H,1H3;4H2,1-3H3;1-2H3,(H,4,5);1-3H3;1H3,(H,3,4,5,6);2H,1H3,(H,3,4). The number of benzene rings is 2. The Morgan fingerprint density at radius 2 is 1.19 bits per heavy atom. The maximum absolute atomic E-state index is 12.3. The Labute approximate surface area is 567 Å². The molecule has 7 aromatic rings. The van der Waals surface area contributed by atoms with Crippen molar-refractivity contribution in [2.45, 2.75) is 119 Å². The number of aromatic nitrogens is 10. The second kappa shape index (κ2) is 63.7. The van der Waals surface area contributed by atoms with Crippen LogP contribution >= 0.6 is 11.3 Å². The van der Waals surface area contributed by atoms with E-state index in [1.165, 1.54) is 77.7 Å². The molecule has 5 aromatic heterocycles. The summed E-state index contributed by atoms with van der Waals surface area (Å²) in [4.78, 5) is 55.1. The van der Waals surface area contributed by atoms with E-state index in [1.54, 1.807) is 78.8 Å². The molecule has 0 unspecified atom stereocenters. The van der Waals surface area contributed by atoms with E-state index in [2.05, 4.69) is 165 Å². The highest BCUT2D eigenvalue weighted by Crippen LogP contribution is 2.27. The van der Waals surface area contributed by atoms with Crippen LogP contribution in [-0.2, 0) is 22.2 Å². The zero-order valence-corrected chi connectivity index (χ0v) is 61.0. The third-order valence-corrected chi connectivity index (χ3v) is 12.1. The smallest absolute Gasteiger partial charge is 0.449 e. The summed E-state index contributed by atoms with van der Waals surface area (Å²) < 4.78 is 60.3. The van der Waals surface area contributed by atoms with Gasteiger partial charge in [0, 0.05) is 72.3 Å². The Morgan fingerprint density at radius 3 is 1.42 bits per heavy atom. The summed E-state index contributed by atoms with van der Waals surface area (Å²) in [5.74, 6) is 1.39. The average molecular weight is 1370 g/mol. The van der Waals surface area contributed by atoms with E-state index in [9.17, 15) is 27.2 Å². The SMILES string of the molecule is CCN(C)C.CN(C)C.CN1CCC(F)CC1.CN1CCCC1.CN1CCCCC1.CNC(=O)Nc1ccccc1.CNC(C)=O.CNC=O.CNCCc1ccccc1.Cc1ncco1.Cc1nccs1.Cc1nn[nH]n1.Cc1noc(C(F)(F)F)n1.Cc1noc(C)n1. The second-order valence-corrected chi connectivity index (χ2v) is 22.4. The molecule has 0 radical (unpaired) electrons. The van der Waals surface area contributed by atoms with Crippen molar-refractivity contribution >= 4 is 35.4 Å². The van der Waals surface area contributed by atoms with Crippen LogP contribution in [0.15, 0.2) is 98.2 Å². The lowest BCUT2D eigenvalue weighted by Gasteiger charge is -2.23. The van der Waals surface area contributed by atoms with Crippen LogP contribution in [0, 0.1) is 41.5 Å². The van der Waals surface area contributed by atoms with Gasteiger partial charge in [-0.25, -0.2) is 14.2 Å². The van der Waals surface area contributed by atoms with E-state index in [1.807, 2.05) is 88.8 Å². The summed E-state index contributed by atoms with van der Waals surface area (Å²) in [6.45, 7) is 23.4. The number of tetrazole rings is 1. The number of thiazole rings is 1. The number of likely N-dealkylation sites (tertiary alicyclic amines) is 3. The highest BCUT2D eigenvalue weighted by molar-refractivity contribution is 7.09. The Hall–Kier alpha value is -7.68. The van der Waals surface area contributed by atoms with Gasteiger partial charge in [0.1, 0.15) is 12.4 Å². The number of alkyl halides is 4. The largest absolute Gasteiger partial charge is 0.471 e. The maximum atomic E-state index is 12.3. The lowest BCUT2D eigenvalue weighted by molar-refractivity contribution is -0.159. The van der Waals surface area contributed by atoms with Gasteiger partial charge in [0.2, 0.25) is 18.2 Å². The molecule has 26 nitrogen and oxygen atoms in total. The Bertz CT molecular complexity index is 2590. The number of aromatic amines is 1. The molecule has 0 spiro atoms. The van der Waals surface area contributed by atoms with Crippen molar-refractivity contribution in [3.05, 3.63) is 130 Å². The summed E-state index contributed by atoms with van der Waals surface area (Å²) in [6, 6.07) is 19.6. The molecule has 2 aromatic carbocycles. The van der Waals surface area contributed by atoms with Crippen molar-refractivity contribution < 1.29 is 45.4 Å². The van der Waals surface area contributed by atoms with Gasteiger partial charge in [0.25, 0.3) is 0 Å². The van der Waals surface area contributed by atoms with Crippen LogP contribution < -0.4 is 26.6 Å². The van der Waals surface area contributed by atoms with Crippen LogP contribution in [0.5, 0.6) is 0 Å². The summed E-state index contributed by atoms with van der Waals surface area (Å²) in [7, 11) is 23.2. The van der Waals surface area contributed by atoms with Crippen LogP contribution in [0.2, 0.25) is 0 Å². The van der Waals surface area contributed by atoms with E-state index in [-0.39, 0.29) is 17.8 Å². The van der Waals surface area contributed by atoms with Gasteiger partial charge in [-0.3, -0.25) is 14.6 Å². The molecule has 4 amide bonds. The first-order chi connectivity index (χ1) is 45.0. The molecular weight excluding hydrogens is 1250 g/mol. The van der Waals surface area contributed by atoms with E-state index in [0.29, 0.717) is 23.9 Å². The predicted molar refractivity (Wildman–Crippen MR) is 372 cm³/mol. The number of aryl methyl sites for hydroxylation is 6. The zero-order valence-electron chi connectivity index (χ0n) is 60.2. The molecule has 10 rings (SSSR count). The number of carbonyl (C=O) groups excluding carboxylic acids is 3. The molecule has 0 atom stereocenters. The highest BCUT2D eigenvalue weighted by Gasteiger charge is 2.38. The molecule has 540 valence electrons. The molecule has 31 heteroatoms. The first-order valence-electron chi connectivity index (χ1n) is 31.0. The highest BCUT2D eigenvalue weighted by atomic mass is 32.1. The fourth-order valence-corrected chi connectivity index (χ4v) is 6.59. The Morgan fingerprint density at radius 1 is 0.705 bits per heavy atom. The quantitative estimate of drug-likeness (QED) is 0.0667. The van der Waals surface area contributed by atoms with Gasteiger partial charge in [0.15, 0.2) is 23.4 Å². The third kappa shape index (κ3) is 70.5. The summed E-state index contributed by atoms with van der Waals surface area (Å²) in [5, 5.41) is 35.2. The van der Waals surface area contributed by atoms with E-state index < -0.39 is 18.2 Å². The van der Waals surface area contributed by atoms with Crippen LogP contribution in [0.3, 0.4) is 0 Å². The minimum atomic E-state index is -4.53. The number of oxazole rings is 1. The number of hydrogen-bond acceptors (Lipinski definition) is 22. The maximum Gasteiger partial charge on any atom is 0.471 e. The number of carbonyl (C=O) groups is 3. The molecule has 3 fully saturated rings. The number of urea groups is 1. The van der Waals surface area contributed by atoms with Crippen LogP contribution in [0.25, 0.3) is 0 Å². The normalized spacial score (nSPS) is 12.8. The number of anilines is 1. The number of likely N-dealkylation sites (N-methyl/N-ethyl adjacent to an activating group) is 1. The van der Waals surface area contributed by atoms with Gasteiger partial charge in [-0.15, -0.1) is 21.5 Å². The Balaban J connectivity index is -0.000000474. The molecule has 95 heavy (non-hydrogen) atoms. The van der Waals surface area contributed by atoms with Gasteiger partial charge < -0.3 is 64.5 Å².